The minimum atomic E-state index is 0.714. The molecule has 2 N–H and O–H groups in total. The van der Waals surface area contributed by atoms with Crippen molar-refractivity contribution in [3.8, 4) is 0 Å². The number of hydrogen-bond donors (Lipinski definition) is 1. The molecule has 0 atom stereocenters. The van der Waals surface area contributed by atoms with Gasteiger partial charge in [-0.15, -0.1) is 0 Å². The number of fused-ring (bicyclic) bond motifs is 1. The summed E-state index contributed by atoms with van der Waals surface area (Å²) in [6.07, 6.45) is 3.11. The zero-order valence-corrected chi connectivity index (χ0v) is 12.3. The van der Waals surface area contributed by atoms with Crippen LogP contribution in [-0.2, 0) is 19.3 Å². The largest absolute Gasteiger partial charge is 0.330 e. The first-order chi connectivity index (χ1) is 10.4. The summed E-state index contributed by atoms with van der Waals surface area (Å²) in [5.74, 6) is 0. The van der Waals surface area contributed by atoms with E-state index >= 15 is 0 Å². The summed E-state index contributed by atoms with van der Waals surface area (Å²) in [5.41, 5.74) is 9.95. The van der Waals surface area contributed by atoms with E-state index in [1.54, 1.807) is 0 Å². The molecule has 0 amide bonds. The van der Waals surface area contributed by atoms with Gasteiger partial charge in [0.15, 0.2) is 0 Å². The van der Waals surface area contributed by atoms with Crippen LogP contribution in [-0.4, -0.2) is 6.54 Å². The van der Waals surface area contributed by atoms with Crippen LogP contribution in [0, 0.1) is 0 Å². The maximum Gasteiger partial charge on any atom is -0.00366 e. The molecule has 1 heteroatoms. The van der Waals surface area contributed by atoms with Crippen LogP contribution in [0.4, 0.5) is 0 Å². The van der Waals surface area contributed by atoms with Gasteiger partial charge in [0.25, 0.3) is 0 Å². The van der Waals surface area contributed by atoms with Gasteiger partial charge in [0, 0.05) is 0 Å². The minimum absolute atomic E-state index is 0.714. The maximum atomic E-state index is 5.71. The highest BCUT2D eigenvalue weighted by Gasteiger charge is 2.04. The molecule has 0 aromatic heterocycles. The van der Waals surface area contributed by atoms with E-state index in [-0.39, 0.29) is 0 Å². The van der Waals surface area contributed by atoms with Crippen LogP contribution in [0.5, 0.6) is 0 Å². The highest BCUT2D eigenvalue weighted by atomic mass is 14.5. The summed E-state index contributed by atoms with van der Waals surface area (Å²) < 4.78 is 0. The third-order valence-corrected chi connectivity index (χ3v) is 4.08. The predicted molar refractivity (Wildman–Crippen MR) is 90.6 cm³/mol. The van der Waals surface area contributed by atoms with Crippen molar-refractivity contribution in [3.63, 3.8) is 0 Å². The lowest BCUT2D eigenvalue weighted by Gasteiger charge is -2.10. The normalized spacial score (nSPS) is 10.9. The van der Waals surface area contributed by atoms with Crippen LogP contribution < -0.4 is 5.73 Å². The van der Waals surface area contributed by atoms with Gasteiger partial charge in [-0.2, -0.15) is 0 Å². The Labute approximate surface area is 126 Å². The summed E-state index contributed by atoms with van der Waals surface area (Å²) in [6, 6.07) is 23.9. The fraction of sp³-hybridized carbons (Fsp3) is 0.200. The second-order valence-corrected chi connectivity index (χ2v) is 5.45. The van der Waals surface area contributed by atoms with E-state index in [0.29, 0.717) is 6.54 Å². The molecule has 0 heterocycles. The Hall–Kier alpha value is -2.12. The molecule has 106 valence electrons. The van der Waals surface area contributed by atoms with Crippen LogP contribution in [0.15, 0.2) is 66.7 Å². The fourth-order valence-corrected chi connectivity index (χ4v) is 2.98. The molecule has 0 bridgehead atoms. The van der Waals surface area contributed by atoms with Crippen molar-refractivity contribution in [2.75, 3.05) is 6.54 Å². The monoisotopic (exact) mass is 275 g/mol. The highest BCUT2D eigenvalue weighted by molar-refractivity contribution is 5.85. The van der Waals surface area contributed by atoms with E-state index in [2.05, 4.69) is 66.7 Å². The Kier molecular flexibility index (Phi) is 4.32. The molecule has 0 unspecified atom stereocenters. The molecule has 3 aromatic rings. The van der Waals surface area contributed by atoms with Gasteiger partial charge in [-0.25, -0.2) is 0 Å². The number of benzene rings is 3. The van der Waals surface area contributed by atoms with Crippen LogP contribution >= 0.6 is 0 Å². The van der Waals surface area contributed by atoms with Crippen molar-refractivity contribution in [3.05, 3.63) is 83.4 Å². The van der Waals surface area contributed by atoms with Crippen molar-refractivity contribution in [1.29, 1.82) is 0 Å². The molecule has 3 rings (SSSR count). The Morgan fingerprint density at radius 2 is 1.14 bits per heavy atom. The van der Waals surface area contributed by atoms with Gasteiger partial charge in [0.05, 0.1) is 0 Å². The Morgan fingerprint density at radius 1 is 0.571 bits per heavy atom. The first-order valence-corrected chi connectivity index (χ1v) is 7.62. The van der Waals surface area contributed by atoms with Gasteiger partial charge in [0.2, 0.25) is 0 Å². The average molecular weight is 275 g/mol. The summed E-state index contributed by atoms with van der Waals surface area (Å²) in [6.45, 7) is 0.714. The number of rotatable bonds is 5. The van der Waals surface area contributed by atoms with Gasteiger partial charge in [-0.05, 0) is 53.3 Å². The van der Waals surface area contributed by atoms with Gasteiger partial charge in [-0.1, -0.05) is 66.7 Å². The van der Waals surface area contributed by atoms with Crippen molar-refractivity contribution in [2.45, 2.75) is 19.3 Å². The second kappa shape index (κ2) is 6.55. The quantitative estimate of drug-likeness (QED) is 0.744. The molecular weight excluding hydrogens is 254 g/mol. The molecule has 0 aliphatic rings. The lowest BCUT2D eigenvalue weighted by Crippen LogP contribution is -2.06. The molecule has 1 nitrogen and oxygen atoms in total. The van der Waals surface area contributed by atoms with Gasteiger partial charge in [0.1, 0.15) is 0 Å². The second-order valence-electron chi connectivity index (χ2n) is 5.45. The Balaban J connectivity index is 1.84. The summed E-state index contributed by atoms with van der Waals surface area (Å²) in [7, 11) is 0. The van der Waals surface area contributed by atoms with Crippen LogP contribution in [0.2, 0.25) is 0 Å². The molecule has 0 aliphatic carbocycles. The zero-order valence-electron chi connectivity index (χ0n) is 12.3. The first kappa shape index (κ1) is 13.8. The smallest absolute Gasteiger partial charge is 0.00366 e. The number of aryl methyl sites for hydroxylation is 2. The third-order valence-electron chi connectivity index (χ3n) is 4.08. The summed E-state index contributed by atoms with van der Waals surface area (Å²) >= 11 is 0. The average Bonchev–Trinajstić information content (AvgIpc) is 2.54. The third kappa shape index (κ3) is 3.14. The van der Waals surface area contributed by atoms with Gasteiger partial charge in [-0.3, -0.25) is 0 Å². The van der Waals surface area contributed by atoms with E-state index in [4.69, 9.17) is 5.73 Å². The zero-order chi connectivity index (χ0) is 14.5. The van der Waals surface area contributed by atoms with Crippen molar-refractivity contribution in [2.24, 2.45) is 5.73 Å². The van der Waals surface area contributed by atoms with E-state index in [1.807, 2.05) is 0 Å². The summed E-state index contributed by atoms with van der Waals surface area (Å²) in [5, 5.41) is 2.70. The first-order valence-electron chi connectivity index (χ1n) is 7.62. The highest BCUT2D eigenvalue weighted by Crippen LogP contribution is 2.21. The van der Waals surface area contributed by atoms with Crippen LogP contribution in [0.3, 0.4) is 0 Å². The molecule has 0 spiro atoms. The molecular formula is C20H21N. The molecule has 21 heavy (non-hydrogen) atoms. The van der Waals surface area contributed by atoms with E-state index < -0.39 is 0 Å². The number of nitrogens with two attached hydrogens (primary N) is 1. The van der Waals surface area contributed by atoms with Crippen LogP contribution in [0.1, 0.15) is 16.7 Å². The van der Waals surface area contributed by atoms with Gasteiger partial charge < -0.3 is 5.73 Å². The van der Waals surface area contributed by atoms with E-state index in [9.17, 15) is 0 Å². The van der Waals surface area contributed by atoms with Gasteiger partial charge >= 0.3 is 0 Å². The van der Waals surface area contributed by atoms with Crippen molar-refractivity contribution >= 4 is 10.8 Å². The number of hydrogen-bond acceptors (Lipinski definition) is 1. The van der Waals surface area contributed by atoms with Crippen molar-refractivity contribution < 1.29 is 0 Å². The van der Waals surface area contributed by atoms with E-state index in [1.165, 1.54) is 27.5 Å². The Bertz CT molecular complexity index is 725. The molecule has 0 radical (unpaired) electrons. The summed E-state index contributed by atoms with van der Waals surface area (Å²) in [4.78, 5) is 0. The molecule has 0 saturated heterocycles. The predicted octanol–water partition coefficient (Wildman–Crippen LogP) is 4.13. The molecule has 0 aliphatic heterocycles. The topological polar surface area (TPSA) is 26.0 Å². The molecule has 0 fully saturated rings. The maximum absolute atomic E-state index is 5.71. The molecule has 3 aromatic carbocycles. The SMILES string of the molecule is NCCc1ccccc1CCc1cccc2ccccc12. The molecule has 0 saturated carbocycles. The standard InChI is InChI=1S/C20H21N/c21-15-14-17-7-2-1-6-16(17)12-13-19-10-5-9-18-8-3-4-11-20(18)19/h1-11H,12-15,21H2. The van der Waals surface area contributed by atoms with Crippen LogP contribution in [0.25, 0.3) is 10.8 Å². The van der Waals surface area contributed by atoms with Crippen molar-refractivity contribution in [1.82, 2.24) is 0 Å². The van der Waals surface area contributed by atoms with E-state index in [0.717, 1.165) is 19.3 Å². The minimum Gasteiger partial charge on any atom is -0.330 e. The lowest BCUT2D eigenvalue weighted by molar-refractivity contribution is 0.903. The Morgan fingerprint density at radius 3 is 1.95 bits per heavy atom. The fourth-order valence-electron chi connectivity index (χ4n) is 2.98. The lowest BCUT2D eigenvalue weighted by atomic mass is 9.95.